The van der Waals surface area contributed by atoms with Crippen molar-refractivity contribution in [2.75, 3.05) is 13.7 Å². The highest BCUT2D eigenvalue weighted by atomic mass is 16.5. The fourth-order valence-electron chi connectivity index (χ4n) is 2.38. The maximum Gasteiger partial charge on any atom is 0.269 e. The molecular formula is C18H18N4O2. The molecule has 1 aromatic carbocycles. The Morgan fingerprint density at radius 3 is 2.83 bits per heavy atom. The molecule has 0 aliphatic carbocycles. The van der Waals surface area contributed by atoms with E-state index < -0.39 is 0 Å². The summed E-state index contributed by atoms with van der Waals surface area (Å²) in [7, 11) is 1.61. The molecule has 1 amide bonds. The van der Waals surface area contributed by atoms with Crippen LogP contribution in [0.1, 0.15) is 16.2 Å². The summed E-state index contributed by atoms with van der Waals surface area (Å²) < 4.78 is 5.32. The molecule has 0 fully saturated rings. The second-order valence-electron chi connectivity index (χ2n) is 5.19. The van der Waals surface area contributed by atoms with Gasteiger partial charge in [0.2, 0.25) is 0 Å². The van der Waals surface area contributed by atoms with Gasteiger partial charge in [-0.1, -0.05) is 18.2 Å². The average Bonchev–Trinajstić information content (AvgIpc) is 3.12. The lowest BCUT2D eigenvalue weighted by molar-refractivity contribution is 0.0949. The minimum atomic E-state index is -0.195. The van der Waals surface area contributed by atoms with Crippen LogP contribution in [0, 0.1) is 0 Å². The normalized spacial score (nSPS) is 10.4. The van der Waals surface area contributed by atoms with Crippen LogP contribution in [-0.2, 0) is 6.42 Å². The minimum Gasteiger partial charge on any atom is -0.496 e. The molecule has 122 valence electrons. The number of para-hydroxylation sites is 1. The van der Waals surface area contributed by atoms with E-state index in [1.807, 2.05) is 42.5 Å². The molecule has 0 aliphatic rings. The van der Waals surface area contributed by atoms with Crippen molar-refractivity contribution in [1.29, 1.82) is 0 Å². The molecule has 2 heterocycles. The molecule has 0 saturated heterocycles. The Balaban J connectivity index is 1.63. The molecule has 0 saturated carbocycles. The Labute approximate surface area is 139 Å². The van der Waals surface area contributed by atoms with Gasteiger partial charge in [-0.05, 0) is 30.3 Å². The van der Waals surface area contributed by atoms with Gasteiger partial charge in [0.1, 0.15) is 11.4 Å². The van der Waals surface area contributed by atoms with Crippen molar-refractivity contribution >= 4 is 5.91 Å². The van der Waals surface area contributed by atoms with Crippen molar-refractivity contribution in [3.8, 4) is 17.0 Å². The third-order valence-corrected chi connectivity index (χ3v) is 3.60. The van der Waals surface area contributed by atoms with Gasteiger partial charge in [-0.15, -0.1) is 0 Å². The van der Waals surface area contributed by atoms with Gasteiger partial charge < -0.3 is 10.1 Å². The smallest absolute Gasteiger partial charge is 0.269 e. The lowest BCUT2D eigenvalue weighted by Crippen LogP contribution is -2.26. The third-order valence-electron chi connectivity index (χ3n) is 3.60. The molecule has 3 rings (SSSR count). The number of H-pyrrole nitrogens is 1. The highest BCUT2D eigenvalue weighted by molar-refractivity contribution is 5.93. The molecule has 24 heavy (non-hydrogen) atoms. The van der Waals surface area contributed by atoms with E-state index >= 15 is 0 Å². The van der Waals surface area contributed by atoms with Gasteiger partial charge >= 0.3 is 0 Å². The zero-order valence-electron chi connectivity index (χ0n) is 13.3. The van der Waals surface area contributed by atoms with Crippen LogP contribution in [0.25, 0.3) is 11.3 Å². The number of hydrogen-bond acceptors (Lipinski definition) is 4. The number of rotatable bonds is 6. The summed E-state index contributed by atoms with van der Waals surface area (Å²) in [6.07, 6.45) is 2.42. The van der Waals surface area contributed by atoms with Gasteiger partial charge in [-0.2, -0.15) is 5.10 Å². The molecule has 0 radical (unpaired) electrons. The van der Waals surface area contributed by atoms with Crippen LogP contribution in [0.4, 0.5) is 0 Å². The minimum absolute atomic E-state index is 0.195. The number of aromatic nitrogens is 3. The lowest BCUT2D eigenvalue weighted by Gasteiger charge is -2.04. The first-order valence-corrected chi connectivity index (χ1v) is 7.65. The highest BCUT2D eigenvalue weighted by Gasteiger charge is 2.13. The van der Waals surface area contributed by atoms with Gasteiger partial charge in [-0.25, -0.2) is 0 Å². The van der Waals surface area contributed by atoms with Gasteiger partial charge in [0.25, 0.3) is 5.91 Å². The predicted octanol–water partition coefficient (Wildman–Crippen LogP) is 2.45. The number of ether oxygens (including phenoxy) is 1. The number of benzene rings is 1. The van der Waals surface area contributed by atoms with Gasteiger partial charge in [0.15, 0.2) is 0 Å². The lowest BCUT2D eigenvalue weighted by atomic mass is 10.1. The summed E-state index contributed by atoms with van der Waals surface area (Å²) in [5.74, 6) is 0.519. The monoisotopic (exact) mass is 322 g/mol. The Bertz CT molecular complexity index is 815. The van der Waals surface area contributed by atoms with Crippen molar-refractivity contribution in [2.24, 2.45) is 0 Å². The van der Waals surface area contributed by atoms with Crippen molar-refractivity contribution in [1.82, 2.24) is 20.5 Å². The summed E-state index contributed by atoms with van der Waals surface area (Å²) in [6.45, 7) is 0.513. The molecule has 0 unspecified atom stereocenters. The number of aromatic amines is 1. The van der Waals surface area contributed by atoms with Gasteiger partial charge in [-0.3, -0.25) is 14.9 Å². The average molecular weight is 322 g/mol. The van der Waals surface area contributed by atoms with E-state index in [0.717, 1.165) is 11.3 Å². The summed E-state index contributed by atoms with van der Waals surface area (Å²) >= 11 is 0. The van der Waals surface area contributed by atoms with Crippen molar-refractivity contribution in [3.63, 3.8) is 0 Å². The van der Waals surface area contributed by atoms with Crippen LogP contribution in [0.5, 0.6) is 5.75 Å². The number of methoxy groups -OCH3 is 1. The number of carbonyl (C=O) groups is 1. The fraction of sp³-hybridized carbons (Fsp3) is 0.167. The Hall–Kier alpha value is -3.15. The first-order chi connectivity index (χ1) is 11.8. The first kappa shape index (κ1) is 15.7. The molecule has 0 atom stereocenters. The van der Waals surface area contributed by atoms with Crippen LogP contribution in [0.2, 0.25) is 0 Å². The number of pyridine rings is 1. The molecule has 3 aromatic rings. The second kappa shape index (κ2) is 7.41. The topological polar surface area (TPSA) is 79.9 Å². The van der Waals surface area contributed by atoms with E-state index in [9.17, 15) is 4.79 Å². The predicted molar refractivity (Wildman–Crippen MR) is 90.8 cm³/mol. The largest absolute Gasteiger partial charge is 0.496 e. The van der Waals surface area contributed by atoms with E-state index in [1.165, 1.54) is 0 Å². The molecule has 6 nitrogen and oxygen atoms in total. The van der Waals surface area contributed by atoms with E-state index in [0.29, 0.717) is 30.1 Å². The number of amides is 1. The maximum atomic E-state index is 12.2. The van der Waals surface area contributed by atoms with E-state index in [1.54, 1.807) is 19.4 Å². The zero-order chi connectivity index (χ0) is 16.8. The maximum absolute atomic E-state index is 12.2. The second-order valence-corrected chi connectivity index (χ2v) is 5.19. The Morgan fingerprint density at radius 1 is 1.21 bits per heavy atom. The van der Waals surface area contributed by atoms with Crippen molar-refractivity contribution in [2.45, 2.75) is 6.42 Å². The standard InChI is InChI=1S/C18H18N4O2/c1-24-17-8-3-2-7-14(17)15-12-16(22-21-15)18(23)20-11-9-13-6-4-5-10-19-13/h2-8,10,12H,9,11H2,1H3,(H,20,23)(H,21,22). The van der Waals surface area contributed by atoms with Crippen LogP contribution < -0.4 is 10.1 Å². The molecule has 0 spiro atoms. The van der Waals surface area contributed by atoms with Crippen LogP contribution in [-0.4, -0.2) is 34.7 Å². The van der Waals surface area contributed by atoms with E-state index in [4.69, 9.17) is 4.74 Å². The summed E-state index contributed by atoms with van der Waals surface area (Å²) in [6, 6.07) is 15.0. The SMILES string of the molecule is COc1ccccc1-c1cc(C(=O)NCCc2ccccn2)[nH]n1. The molecular weight excluding hydrogens is 304 g/mol. The fourth-order valence-corrected chi connectivity index (χ4v) is 2.38. The van der Waals surface area contributed by atoms with Crippen LogP contribution in [0.15, 0.2) is 54.7 Å². The summed E-state index contributed by atoms with van der Waals surface area (Å²) in [4.78, 5) is 16.4. The van der Waals surface area contributed by atoms with Crippen LogP contribution >= 0.6 is 0 Å². The molecule has 0 aliphatic heterocycles. The van der Waals surface area contributed by atoms with Gasteiger partial charge in [0, 0.05) is 30.4 Å². The van der Waals surface area contributed by atoms with Gasteiger partial charge in [0.05, 0.1) is 12.8 Å². The quantitative estimate of drug-likeness (QED) is 0.730. The van der Waals surface area contributed by atoms with Crippen molar-refractivity contribution in [3.05, 3.63) is 66.1 Å². The first-order valence-electron chi connectivity index (χ1n) is 7.65. The Morgan fingerprint density at radius 2 is 2.04 bits per heavy atom. The number of carbonyl (C=O) groups excluding carboxylic acids is 1. The zero-order valence-corrected chi connectivity index (χ0v) is 13.3. The summed E-state index contributed by atoms with van der Waals surface area (Å²) in [5.41, 5.74) is 2.86. The number of nitrogens with zero attached hydrogens (tertiary/aromatic N) is 2. The number of nitrogens with one attached hydrogen (secondary N) is 2. The molecule has 2 N–H and O–H groups in total. The van der Waals surface area contributed by atoms with E-state index in [-0.39, 0.29) is 5.91 Å². The Kier molecular flexibility index (Phi) is 4.86. The number of hydrogen-bond donors (Lipinski definition) is 2. The summed E-state index contributed by atoms with van der Waals surface area (Å²) in [5, 5.41) is 9.83. The van der Waals surface area contributed by atoms with E-state index in [2.05, 4.69) is 20.5 Å². The molecule has 6 heteroatoms. The third kappa shape index (κ3) is 3.60. The molecule has 2 aromatic heterocycles. The van der Waals surface area contributed by atoms with Crippen molar-refractivity contribution < 1.29 is 9.53 Å². The highest BCUT2D eigenvalue weighted by Crippen LogP contribution is 2.28. The molecule has 0 bridgehead atoms. The van der Waals surface area contributed by atoms with Crippen LogP contribution in [0.3, 0.4) is 0 Å².